The van der Waals surface area contributed by atoms with Crippen LogP contribution in [0.25, 0.3) is 0 Å². The Bertz CT molecular complexity index is 235. The van der Waals surface area contributed by atoms with E-state index >= 15 is 0 Å². The number of aliphatic hydroxyl groups is 1. The zero-order valence-electron chi connectivity index (χ0n) is 14.2. The lowest BCUT2D eigenvalue weighted by molar-refractivity contribution is -0.121. The minimum absolute atomic E-state index is 0.182. The summed E-state index contributed by atoms with van der Waals surface area (Å²) in [6, 6.07) is 0. The van der Waals surface area contributed by atoms with Crippen LogP contribution in [0, 0.1) is 0 Å². The van der Waals surface area contributed by atoms with E-state index in [9.17, 15) is 4.79 Å². The zero-order chi connectivity index (χ0) is 15.8. The molecular weight excluding hydrogens is 264 g/mol. The van der Waals surface area contributed by atoms with Crippen molar-refractivity contribution in [2.24, 2.45) is 0 Å². The number of hydrogen-bond donors (Lipinski definition) is 2. The van der Waals surface area contributed by atoms with Gasteiger partial charge in [-0.3, -0.25) is 9.69 Å². The standard InChI is InChI=1S/C17H36N2O2/c1-3-4-5-10-13-17(21)18-16-19(2)14-11-8-6-7-9-12-15-20/h20H,3-16H2,1-2H3,(H,18,21). The molecule has 0 spiro atoms. The summed E-state index contributed by atoms with van der Waals surface area (Å²) in [5.41, 5.74) is 0. The van der Waals surface area contributed by atoms with Gasteiger partial charge in [0.15, 0.2) is 0 Å². The van der Waals surface area contributed by atoms with Crippen LogP contribution in [0.15, 0.2) is 0 Å². The first-order chi connectivity index (χ1) is 10.2. The molecule has 0 aromatic rings. The molecule has 4 nitrogen and oxygen atoms in total. The highest BCUT2D eigenvalue weighted by molar-refractivity contribution is 5.75. The zero-order valence-corrected chi connectivity index (χ0v) is 14.2. The molecule has 0 atom stereocenters. The van der Waals surface area contributed by atoms with E-state index in [1.807, 2.05) is 0 Å². The number of nitrogens with one attached hydrogen (secondary N) is 1. The lowest BCUT2D eigenvalue weighted by atomic mass is 10.1. The first-order valence-corrected chi connectivity index (χ1v) is 8.76. The molecule has 0 aliphatic carbocycles. The minimum Gasteiger partial charge on any atom is -0.396 e. The first-order valence-electron chi connectivity index (χ1n) is 8.76. The maximum absolute atomic E-state index is 11.6. The van der Waals surface area contributed by atoms with Gasteiger partial charge in [-0.2, -0.15) is 0 Å². The van der Waals surface area contributed by atoms with Crippen LogP contribution in [-0.4, -0.2) is 42.8 Å². The van der Waals surface area contributed by atoms with Gasteiger partial charge in [0.1, 0.15) is 0 Å². The van der Waals surface area contributed by atoms with Crippen LogP contribution in [0.1, 0.15) is 77.6 Å². The summed E-state index contributed by atoms with van der Waals surface area (Å²) in [7, 11) is 2.06. The molecule has 21 heavy (non-hydrogen) atoms. The van der Waals surface area contributed by atoms with Crippen molar-refractivity contribution in [3.63, 3.8) is 0 Å². The van der Waals surface area contributed by atoms with E-state index in [2.05, 4.69) is 24.2 Å². The van der Waals surface area contributed by atoms with Crippen molar-refractivity contribution in [1.29, 1.82) is 0 Å². The fourth-order valence-electron chi connectivity index (χ4n) is 2.30. The molecule has 0 aliphatic heterocycles. The Hall–Kier alpha value is -0.610. The van der Waals surface area contributed by atoms with Crippen LogP contribution in [0.4, 0.5) is 0 Å². The van der Waals surface area contributed by atoms with Crippen LogP contribution < -0.4 is 5.32 Å². The van der Waals surface area contributed by atoms with Gasteiger partial charge in [-0.1, -0.05) is 51.9 Å². The average Bonchev–Trinajstić information content (AvgIpc) is 2.48. The maximum Gasteiger partial charge on any atom is 0.220 e. The topological polar surface area (TPSA) is 52.6 Å². The number of nitrogens with zero attached hydrogens (tertiary/aromatic N) is 1. The van der Waals surface area contributed by atoms with Gasteiger partial charge in [-0.25, -0.2) is 0 Å². The van der Waals surface area contributed by atoms with Gasteiger partial charge in [-0.15, -0.1) is 0 Å². The molecule has 0 aromatic heterocycles. The lowest BCUT2D eigenvalue weighted by Crippen LogP contribution is -2.35. The molecule has 126 valence electrons. The Morgan fingerprint density at radius 2 is 1.57 bits per heavy atom. The van der Waals surface area contributed by atoms with Crippen molar-refractivity contribution in [2.45, 2.75) is 77.6 Å². The molecule has 2 N–H and O–H groups in total. The Balaban J connectivity index is 3.32. The van der Waals surface area contributed by atoms with Crippen LogP contribution >= 0.6 is 0 Å². The van der Waals surface area contributed by atoms with Crippen molar-refractivity contribution >= 4 is 5.91 Å². The molecule has 0 aromatic carbocycles. The molecule has 0 rings (SSSR count). The van der Waals surface area contributed by atoms with E-state index in [1.54, 1.807) is 0 Å². The van der Waals surface area contributed by atoms with E-state index in [0.29, 0.717) is 19.7 Å². The Morgan fingerprint density at radius 1 is 0.952 bits per heavy atom. The van der Waals surface area contributed by atoms with E-state index in [1.165, 1.54) is 38.5 Å². The number of carbonyl (C=O) groups excluding carboxylic acids is 1. The van der Waals surface area contributed by atoms with E-state index in [0.717, 1.165) is 32.2 Å². The second kappa shape index (κ2) is 15.8. The van der Waals surface area contributed by atoms with Gasteiger partial charge in [0.2, 0.25) is 5.91 Å². The Morgan fingerprint density at radius 3 is 2.24 bits per heavy atom. The molecule has 4 heteroatoms. The molecule has 0 saturated heterocycles. The van der Waals surface area contributed by atoms with Crippen molar-refractivity contribution < 1.29 is 9.90 Å². The normalized spacial score (nSPS) is 11.0. The van der Waals surface area contributed by atoms with Gasteiger partial charge >= 0.3 is 0 Å². The summed E-state index contributed by atoms with van der Waals surface area (Å²) in [6.07, 6.45) is 12.2. The predicted octanol–water partition coefficient (Wildman–Crippen LogP) is 3.30. The number of carbonyl (C=O) groups is 1. The number of unbranched alkanes of at least 4 members (excludes halogenated alkanes) is 8. The number of amides is 1. The second-order valence-corrected chi connectivity index (χ2v) is 5.99. The number of aliphatic hydroxyl groups excluding tert-OH is 1. The molecule has 0 aliphatic rings. The summed E-state index contributed by atoms with van der Waals surface area (Å²) in [6.45, 7) is 4.20. The number of rotatable bonds is 15. The van der Waals surface area contributed by atoms with Crippen LogP contribution in [0.2, 0.25) is 0 Å². The Labute approximate surface area is 131 Å². The van der Waals surface area contributed by atoms with Gasteiger partial charge in [-0.05, 0) is 32.9 Å². The smallest absolute Gasteiger partial charge is 0.220 e. The molecule has 0 saturated carbocycles. The predicted molar refractivity (Wildman–Crippen MR) is 89.2 cm³/mol. The summed E-state index contributed by atoms with van der Waals surface area (Å²) in [5, 5.41) is 11.7. The maximum atomic E-state index is 11.6. The second-order valence-electron chi connectivity index (χ2n) is 5.99. The molecule has 0 radical (unpaired) electrons. The molecule has 0 heterocycles. The SMILES string of the molecule is CCCCCCC(=O)NCN(C)CCCCCCCCO. The summed E-state index contributed by atoms with van der Waals surface area (Å²) < 4.78 is 0. The van der Waals surface area contributed by atoms with Gasteiger partial charge < -0.3 is 10.4 Å². The summed E-state index contributed by atoms with van der Waals surface area (Å²) in [4.78, 5) is 13.8. The van der Waals surface area contributed by atoms with Crippen molar-refractivity contribution in [3.8, 4) is 0 Å². The third-order valence-electron chi connectivity index (χ3n) is 3.75. The van der Waals surface area contributed by atoms with Gasteiger partial charge in [0, 0.05) is 13.0 Å². The molecule has 1 amide bonds. The quantitative estimate of drug-likeness (QED) is 0.360. The number of hydrogen-bond acceptors (Lipinski definition) is 3. The highest BCUT2D eigenvalue weighted by Crippen LogP contribution is 2.05. The summed E-state index contributed by atoms with van der Waals surface area (Å²) >= 11 is 0. The first kappa shape index (κ1) is 20.4. The highest BCUT2D eigenvalue weighted by atomic mass is 16.2. The van der Waals surface area contributed by atoms with Crippen LogP contribution in [-0.2, 0) is 4.79 Å². The third kappa shape index (κ3) is 15.6. The van der Waals surface area contributed by atoms with Crippen LogP contribution in [0.3, 0.4) is 0 Å². The fourth-order valence-corrected chi connectivity index (χ4v) is 2.30. The van der Waals surface area contributed by atoms with Crippen molar-refractivity contribution in [2.75, 3.05) is 26.9 Å². The molecular formula is C17H36N2O2. The molecule has 0 bridgehead atoms. The molecule has 0 fully saturated rings. The highest BCUT2D eigenvalue weighted by Gasteiger charge is 2.03. The van der Waals surface area contributed by atoms with Gasteiger partial charge in [0.05, 0.1) is 6.67 Å². The average molecular weight is 300 g/mol. The lowest BCUT2D eigenvalue weighted by Gasteiger charge is -2.17. The Kier molecular flexibility index (Phi) is 15.3. The minimum atomic E-state index is 0.182. The monoisotopic (exact) mass is 300 g/mol. The van der Waals surface area contributed by atoms with E-state index in [4.69, 9.17) is 5.11 Å². The summed E-state index contributed by atoms with van der Waals surface area (Å²) in [5.74, 6) is 0.182. The fraction of sp³-hybridized carbons (Fsp3) is 0.941. The van der Waals surface area contributed by atoms with Crippen molar-refractivity contribution in [1.82, 2.24) is 10.2 Å². The van der Waals surface area contributed by atoms with Crippen molar-refractivity contribution in [3.05, 3.63) is 0 Å². The molecule has 0 unspecified atom stereocenters. The third-order valence-corrected chi connectivity index (χ3v) is 3.75. The van der Waals surface area contributed by atoms with E-state index in [-0.39, 0.29) is 5.91 Å². The van der Waals surface area contributed by atoms with E-state index < -0.39 is 0 Å². The van der Waals surface area contributed by atoms with Gasteiger partial charge in [0.25, 0.3) is 0 Å². The largest absolute Gasteiger partial charge is 0.396 e. The van der Waals surface area contributed by atoms with Crippen LogP contribution in [0.5, 0.6) is 0 Å².